The Morgan fingerprint density at radius 3 is 2.93 bits per heavy atom. The molecule has 0 saturated heterocycles. The molecule has 0 aliphatic carbocycles. The predicted molar refractivity (Wildman–Crippen MR) is 53.5 cm³/mol. The van der Waals surface area contributed by atoms with E-state index in [0.29, 0.717) is 13.0 Å². The van der Waals surface area contributed by atoms with Crippen molar-refractivity contribution in [3.63, 3.8) is 0 Å². The normalized spacial score (nSPS) is 12.5. The lowest BCUT2D eigenvalue weighted by atomic mass is 10.0. The molecule has 0 aliphatic heterocycles. The molecule has 1 unspecified atom stereocenters. The summed E-state index contributed by atoms with van der Waals surface area (Å²) in [6, 6.07) is 0. The highest BCUT2D eigenvalue weighted by Crippen LogP contribution is 2.06. The molecule has 1 aromatic rings. The van der Waals surface area contributed by atoms with Crippen molar-refractivity contribution < 1.29 is 4.79 Å². The lowest BCUT2D eigenvalue weighted by Crippen LogP contribution is -2.34. The third-order valence-electron chi connectivity index (χ3n) is 2.27. The molecule has 1 rings (SSSR count). The van der Waals surface area contributed by atoms with Crippen molar-refractivity contribution in [1.29, 1.82) is 0 Å². The number of rotatable bonds is 4. The molecule has 0 radical (unpaired) electrons. The molecule has 0 saturated carbocycles. The Balaban J connectivity index is 2.66. The van der Waals surface area contributed by atoms with Crippen LogP contribution in [0.25, 0.3) is 0 Å². The molecule has 14 heavy (non-hydrogen) atoms. The van der Waals surface area contributed by atoms with Gasteiger partial charge in [0.1, 0.15) is 0 Å². The van der Waals surface area contributed by atoms with E-state index in [1.165, 1.54) is 0 Å². The first-order valence-electron chi connectivity index (χ1n) is 4.56. The number of imidazole rings is 1. The average molecular weight is 196 g/mol. The van der Waals surface area contributed by atoms with Gasteiger partial charge in [0, 0.05) is 39.0 Å². The van der Waals surface area contributed by atoms with Gasteiger partial charge < -0.3 is 15.6 Å². The molecule has 1 heterocycles. The average Bonchev–Trinajstić information content (AvgIpc) is 2.59. The van der Waals surface area contributed by atoms with Gasteiger partial charge in [0.05, 0.1) is 12.2 Å². The van der Waals surface area contributed by atoms with Gasteiger partial charge in [-0.3, -0.25) is 4.79 Å². The number of nitrogens with one attached hydrogen (secondary N) is 1. The van der Waals surface area contributed by atoms with Gasteiger partial charge in [-0.1, -0.05) is 0 Å². The summed E-state index contributed by atoms with van der Waals surface area (Å²) in [6.07, 6.45) is 4.10. The SMILES string of the molecule is CNC(=O)C(CN)Cc1cncn1C. The maximum Gasteiger partial charge on any atom is 0.224 e. The molecule has 3 N–H and O–H groups in total. The smallest absolute Gasteiger partial charge is 0.224 e. The van der Waals surface area contributed by atoms with E-state index in [0.717, 1.165) is 5.69 Å². The highest BCUT2D eigenvalue weighted by molar-refractivity contribution is 5.78. The van der Waals surface area contributed by atoms with E-state index in [-0.39, 0.29) is 11.8 Å². The van der Waals surface area contributed by atoms with Crippen LogP contribution in [-0.4, -0.2) is 29.1 Å². The number of carbonyl (C=O) groups is 1. The molecule has 0 spiro atoms. The van der Waals surface area contributed by atoms with Crippen LogP contribution in [0, 0.1) is 5.92 Å². The molecular formula is C9H16N4O. The number of hydrogen-bond acceptors (Lipinski definition) is 3. The fourth-order valence-corrected chi connectivity index (χ4v) is 1.32. The molecule has 0 aliphatic rings. The monoisotopic (exact) mass is 196 g/mol. The molecule has 1 atom stereocenters. The van der Waals surface area contributed by atoms with Gasteiger partial charge in [0.25, 0.3) is 0 Å². The zero-order chi connectivity index (χ0) is 10.6. The van der Waals surface area contributed by atoms with Gasteiger partial charge in [-0.05, 0) is 0 Å². The highest BCUT2D eigenvalue weighted by Gasteiger charge is 2.16. The number of nitrogens with zero attached hydrogens (tertiary/aromatic N) is 2. The van der Waals surface area contributed by atoms with Crippen LogP contribution in [0.15, 0.2) is 12.5 Å². The number of aromatic nitrogens is 2. The Hall–Kier alpha value is -1.36. The zero-order valence-corrected chi connectivity index (χ0v) is 8.53. The molecule has 5 nitrogen and oxygen atoms in total. The van der Waals surface area contributed by atoms with Gasteiger partial charge >= 0.3 is 0 Å². The van der Waals surface area contributed by atoms with Crippen molar-refractivity contribution in [2.45, 2.75) is 6.42 Å². The lowest BCUT2D eigenvalue weighted by Gasteiger charge is -2.12. The Kier molecular flexibility index (Phi) is 3.64. The fourth-order valence-electron chi connectivity index (χ4n) is 1.32. The summed E-state index contributed by atoms with van der Waals surface area (Å²) in [5.74, 6) is -0.191. The summed E-state index contributed by atoms with van der Waals surface area (Å²) in [5.41, 5.74) is 6.54. The van der Waals surface area contributed by atoms with E-state index < -0.39 is 0 Å². The van der Waals surface area contributed by atoms with Gasteiger partial charge in [-0.15, -0.1) is 0 Å². The first kappa shape index (κ1) is 10.7. The van der Waals surface area contributed by atoms with Gasteiger partial charge in [0.15, 0.2) is 0 Å². The van der Waals surface area contributed by atoms with E-state index in [1.54, 1.807) is 19.6 Å². The largest absolute Gasteiger partial charge is 0.359 e. The van der Waals surface area contributed by atoms with Crippen molar-refractivity contribution in [2.75, 3.05) is 13.6 Å². The minimum atomic E-state index is -0.171. The molecule has 1 amide bonds. The van der Waals surface area contributed by atoms with E-state index in [4.69, 9.17) is 5.73 Å². The summed E-state index contributed by atoms with van der Waals surface area (Å²) >= 11 is 0. The standard InChI is InChI=1S/C9H16N4O/c1-11-9(14)7(4-10)3-8-5-12-6-13(8)2/h5-7H,3-4,10H2,1-2H3,(H,11,14). The number of carbonyl (C=O) groups excluding carboxylic acids is 1. The minimum absolute atomic E-state index is 0.0197. The van der Waals surface area contributed by atoms with Crippen LogP contribution in [0.2, 0.25) is 0 Å². The second-order valence-electron chi connectivity index (χ2n) is 3.25. The van der Waals surface area contributed by atoms with Crippen LogP contribution in [0.4, 0.5) is 0 Å². The van der Waals surface area contributed by atoms with E-state index in [1.807, 2.05) is 11.6 Å². The van der Waals surface area contributed by atoms with Crippen molar-refractivity contribution in [3.8, 4) is 0 Å². The number of nitrogens with two attached hydrogens (primary N) is 1. The summed E-state index contributed by atoms with van der Waals surface area (Å²) < 4.78 is 1.89. The Morgan fingerprint density at radius 1 is 1.79 bits per heavy atom. The van der Waals surface area contributed by atoms with Crippen molar-refractivity contribution in [2.24, 2.45) is 18.7 Å². The number of hydrogen-bond donors (Lipinski definition) is 2. The molecular weight excluding hydrogens is 180 g/mol. The maximum absolute atomic E-state index is 11.4. The second-order valence-corrected chi connectivity index (χ2v) is 3.25. The molecule has 5 heteroatoms. The molecule has 78 valence electrons. The summed E-state index contributed by atoms with van der Waals surface area (Å²) in [4.78, 5) is 15.3. The maximum atomic E-state index is 11.4. The van der Waals surface area contributed by atoms with Crippen LogP contribution in [0.3, 0.4) is 0 Å². The summed E-state index contributed by atoms with van der Waals surface area (Å²) in [6.45, 7) is 0.352. The zero-order valence-electron chi connectivity index (χ0n) is 8.53. The van der Waals surface area contributed by atoms with Crippen LogP contribution in [-0.2, 0) is 18.3 Å². The van der Waals surface area contributed by atoms with Gasteiger partial charge in [-0.25, -0.2) is 4.98 Å². The highest BCUT2D eigenvalue weighted by atomic mass is 16.1. The molecule has 1 aromatic heterocycles. The minimum Gasteiger partial charge on any atom is -0.359 e. The van der Waals surface area contributed by atoms with Crippen LogP contribution >= 0.6 is 0 Å². The van der Waals surface area contributed by atoms with E-state index in [9.17, 15) is 4.79 Å². The predicted octanol–water partition coefficient (Wildman–Crippen LogP) is -0.716. The molecule has 0 bridgehead atoms. The Bertz CT molecular complexity index is 308. The van der Waals surface area contributed by atoms with Gasteiger partial charge in [0.2, 0.25) is 5.91 Å². The van der Waals surface area contributed by atoms with Crippen molar-refractivity contribution in [1.82, 2.24) is 14.9 Å². The van der Waals surface area contributed by atoms with Gasteiger partial charge in [-0.2, -0.15) is 0 Å². The van der Waals surface area contributed by atoms with E-state index >= 15 is 0 Å². The number of aryl methyl sites for hydroxylation is 1. The van der Waals surface area contributed by atoms with Crippen LogP contribution in [0.5, 0.6) is 0 Å². The quantitative estimate of drug-likeness (QED) is 0.667. The molecule has 0 fully saturated rings. The third-order valence-corrected chi connectivity index (χ3v) is 2.27. The summed E-state index contributed by atoms with van der Waals surface area (Å²) in [5, 5.41) is 2.60. The lowest BCUT2D eigenvalue weighted by molar-refractivity contribution is -0.124. The molecule has 0 aromatic carbocycles. The summed E-state index contributed by atoms with van der Waals surface area (Å²) in [7, 11) is 3.52. The first-order chi connectivity index (χ1) is 6.69. The van der Waals surface area contributed by atoms with Crippen LogP contribution < -0.4 is 11.1 Å². The van der Waals surface area contributed by atoms with Crippen molar-refractivity contribution in [3.05, 3.63) is 18.2 Å². The second kappa shape index (κ2) is 4.76. The fraction of sp³-hybridized carbons (Fsp3) is 0.556. The first-order valence-corrected chi connectivity index (χ1v) is 4.56. The third kappa shape index (κ3) is 2.32. The van der Waals surface area contributed by atoms with E-state index in [2.05, 4.69) is 10.3 Å². The van der Waals surface area contributed by atoms with Crippen LogP contribution in [0.1, 0.15) is 5.69 Å². The number of amides is 1. The Labute approximate surface area is 83.3 Å². The van der Waals surface area contributed by atoms with Crippen molar-refractivity contribution >= 4 is 5.91 Å². The Morgan fingerprint density at radius 2 is 2.50 bits per heavy atom. The topological polar surface area (TPSA) is 72.9 Å².